The van der Waals surface area contributed by atoms with Crippen molar-refractivity contribution in [2.24, 2.45) is 0 Å². The van der Waals surface area contributed by atoms with Crippen LogP contribution in [0.5, 0.6) is 0 Å². The number of H-pyrrole nitrogens is 1. The van der Waals surface area contributed by atoms with Crippen molar-refractivity contribution in [3.63, 3.8) is 0 Å². The highest BCUT2D eigenvalue weighted by Crippen LogP contribution is 2.26. The minimum atomic E-state index is -0.254. The Morgan fingerprint density at radius 2 is 1.92 bits per heavy atom. The number of halogens is 2. The summed E-state index contributed by atoms with van der Waals surface area (Å²) in [6, 6.07) is 5.04. The minimum absolute atomic E-state index is 0.00386. The first-order valence-corrected chi connectivity index (χ1v) is 9.20. The van der Waals surface area contributed by atoms with Crippen LogP contribution in [0.4, 0.5) is 0 Å². The van der Waals surface area contributed by atoms with Gasteiger partial charge in [-0.1, -0.05) is 29.3 Å². The molecule has 0 aliphatic carbocycles. The van der Waals surface area contributed by atoms with Gasteiger partial charge in [-0.2, -0.15) is 5.10 Å². The molecule has 0 spiro atoms. The van der Waals surface area contributed by atoms with Crippen LogP contribution >= 0.6 is 23.2 Å². The maximum atomic E-state index is 12.6. The number of ketones is 1. The fourth-order valence-corrected chi connectivity index (χ4v) is 3.69. The third-order valence-electron chi connectivity index (χ3n) is 4.59. The molecule has 1 fully saturated rings. The van der Waals surface area contributed by atoms with E-state index in [0.717, 1.165) is 25.9 Å². The molecule has 0 bridgehead atoms. The Morgan fingerprint density at radius 3 is 2.58 bits per heavy atom. The number of nitrogens with one attached hydrogen (secondary N) is 2. The average Bonchev–Trinajstić information content (AvgIpc) is 3.05. The summed E-state index contributed by atoms with van der Waals surface area (Å²) in [6.45, 7) is 1.90. The zero-order chi connectivity index (χ0) is 18.7. The van der Waals surface area contributed by atoms with Crippen LogP contribution in [0.3, 0.4) is 0 Å². The molecule has 138 valence electrons. The Balaban J connectivity index is 1.70. The molecule has 0 atom stereocenters. The van der Waals surface area contributed by atoms with E-state index in [4.69, 9.17) is 23.2 Å². The molecule has 1 aromatic heterocycles. The second-order valence-electron chi connectivity index (χ2n) is 6.52. The van der Waals surface area contributed by atoms with Crippen molar-refractivity contribution in [1.29, 1.82) is 0 Å². The number of Topliss-reactive ketones (excluding diaryl/α,β-unsaturated/α-hetero) is 1. The van der Waals surface area contributed by atoms with Crippen molar-refractivity contribution in [3.05, 3.63) is 51.3 Å². The van der Waals surface area contributed by atoms with Crippen LogP contribution in [0.2, 0.25) is 10.0 Å². The Labute approximate surface area is 161 Å². The van der Waals surface area contributed by atoms with Crippen LogP contribution in [0.25, 0.3) is 0 Å². The molecule has 0 saturated carbocycles. The van der Waals surface area contributed by atoms with E-state index in [-0.39, 0.29) is 29.7 Å². The third-order valence-corrected chi connectivity index (χ3v) is 5.22. The Bertz CT molecular complexity index is 793. The molecule has 1 aliphatic heterocycles. The summed E-state index contributed by atoms with van der Waals surface area (Å²) in [4.78, 5) is 27.4. The van der Waals surface area contributed by atoms with E-state index in [0.29, 0.717) is 21.3 Å². The van der Waals surface area contributed by atoms with Crippen LogP contribution in [-0.2, 0) is 6.42 Å². The smallest absolute Gasteiger partial charge is 0.269 e. The summed E-state index contributed by atoms with van der Waals surface area (Å²) in [7, 11) is 2.07. The lowest BCUT2D eigenvalue weighted by molar-refractivity contribution is 0.0911. The lowest BCUT2D eigenvalue weighted by Gasteiger charge is -2.29. The monoisotopic (exact) mass is 394 g/mol. The number of piperidine rings is 1. The number of aromatic nitrogens is 2. The van der Waals surface area contributed by atoms with E-state index >= 15 is 0 Å². The van der Waals surface area contributed by atoms with E-state index in [2.05, 4.69) is 27.5 Å². The van der Waals surface area contributed by atoms with E-state index in [1.54, 1.807) is 18.2 Å². The number of amides is 1. The summed E-state index contributed by atoms with van der Waals surface area (Å²) in [5.74, 6) is -0.500. The molecular weight excluding hydrogens is 375 g/mol. The summed E-state index contributed by atoms with van der Waals surface area (Å²) < 4.78 is 0. The van der Waals surface area contributed by atoms with Crippen molar-refractivity contribution in [3.8, 4) is 0 Å². The SMILES string of the molecule is CN1CCC(NC(=O)c2[nH]ncc2CC(=O)c2c(Cl)cccc2Cl)CC1. The number of nitrogens with zero attached hydrogens (tertiary/aromatic N) is 2. The second kappa shape index (κ2) is 8.20. The quantitative estimate of drug-likeness (QED) is 0.764. The number of carbonyl (C=O) groups excluding carboxylic acids is 2. The molecule has 3 rings (SSSR count). The highest BCUT2D eigenvalue weighted by molar-refractivity contribution is 6.39. The van der Waals surface area contributed by atoms with Crippen molar-refractivity contribution >= 4 is 34.9 Å². The highest BCUT2D eigenvalue weighted by Gasteiger charge is 2.23. The molecule has 2 N–H and O–H groups in total. The molecule has 1 saturated heterocycles. The topological polar surface area (TPSA) is 78.1 Å². The fourth-order valence-electron chi connectivity index (χ4n) is 3.08. The van der Waals surface area contributed by atoms with Crippen molar-refractivity contribution in [2.75, 3.05) is 20.1 Å². The van der Waals surface area contributed by atoms with E-state index < -0.39 is 0 Å². The molecule has 26 heavy (non-hydrogen) atoms. The van der Waals surface area contributed by atoms with Crippen molar-refractivity contribution in [2.45, 2.75) is 25.3 Å². The van der Waals surface area contributed by atoms with Crippen LogP contribution in [-0.4, -0.2) is 53.0 Å². The summed E-state index contributed by atoms with van der Waals surface area (Å²) >= 11 is 12.2. The van der Waals surface area contributed by atoms with Gasteiger partial charge < -0.3 is 10.2 Å². The molecule has 1 aromatic carbocycles. The maximum Gasteiger partial charge on any atom is 0.269 e. The fraction of sp³-hybridized carbons (Fsp3) is 0.389. The Kier molecular flexibility index (Phi) is 5.96. The number of benzene rings is 1. The normalized spacial score (nSPS) is 15.8. The summed E-state index contributed by atoms with van der Waals surface area (Å²) in [6.07, 6.45) is 3.29. The van der Waals surface area contributed by atoms with Gasteiger partial charge in [0.1, 0.15) is 5.69 Å². The first-order chi connectivity index (χ1) is 12.5. The summed E-state index contributed by atoms with van der Waals surface area (Å²) in [5, 5.41) is 10.2. The Hall–Kier alpha value is -1.89. The van der Waals surface area contributed by atoms with Crippen molar-refractivity contribution in [1.82, 2.24) is 20.4 Å². The van der Waals surface area contributed by atoms with Gasteiger partial charge in [-0.25, -0.2) is 0 Å². The van der Waals surface area contributed by atoms with Gasteiger partial charge in [0, 0.05) is 18.0 Å². The van der Waals surface area contributed by atoms with Gasteiger partial charge >= 0.3 is 0 Å². The summed E-state index contributed by atoms with van der Waals surface area (Å²) in [5.41, 5.74) is 1.09. The van der Waals surface area contributed by atoms with Crippen LogP contribution in [0.1, 0.15) is 39.3 Å². The standard InChI is InChI=1S/C18H20Cl2N4O2/c1-24-7-5-12(6-8-24)22-18(26)17-11(10-21-23-17)9-15(25)16-13(19)3-2-4-14(16)20/h2-4,10,12H,5-9H2,1H3,(H,21,23)(H,22,26). The van der Waals surface area contributed by atoms with Crippen LogP contribution in [0, 0.1) is 0 Å². The predicted molar refractivity (Wildman–Crippen MR) is 101 cm³/mol. The molecule has 0 unspecified atom stereocenters. The van der Waals surface area contributed by atoms with Crippen LogP contribution in [0.15, 0.2) is 24.4 Å². The number of likely N-dealkylation sites (tertiary alicyclic amines) is 1. The number of carbonyl (C=O) groups is 2. The minimum Gasteiger partial charge on any atom is -0.348 e. The number of aromatic amines is 1. The van der Waals surface area contributed by atoms with Gasteiger partial charge in [0.2, 0.25) is 0 Å². The van der Waals surface area contributed by atoms with Gasteiger partial charge in [0.15, 0.2) is 5.78 Å². The lowest BCUT2D eigenvalue weighted by atomic mass is 10.0. The second-order valence-corrected chi connectivity index (χ2v) is 7.33. The number of hydrogen-bond donors (Lipinski definition) is 2. The van der Waals surface area contributed by atoms with Gasteiger partial charge in [-0.3, -0.25) is 14.7 Å². The van der Waals surface area contributed by atoms with Gasteiger partial charge in [0.25, 0.3) is 5.91 Å². The third kappa shape index (κ3) is 4.26. The number of hydrogen-bond acceptors (Lipinski definition) is 4. The molecule has 2 aromatic rings. The maximum absolute atomic E-state index is 12.6. The molecule has 1 amide bonds. The van der Waals surface area contributed by atoms with E-state index in [1.165, 1.54) is 6.20 Å². The Morgan fingerprint density at radius 1 is 1.27 bits per heavy atom. The first-order valence-electron chi connectivity index (χ1n) is 8.44. The lowest BCUT2D eigenvalue weighted by Crippen LogP contribution is -2.43. The largest absolute Gasteiger partial charge is 0.348 e. The first kappa shape index (κ1) is 18.9. The van der Waals surface area contributed by atoms with E-state index in [9.17, 15) is 9.59 Å². The average molecular weight is 395 g/mol. The predicted octanol–water partition coefficient (Wildman–Crippen LogP) is 2.97. The zero-order valence-electron chi connectivity index (χ0n) is 14.4. The molecular formula is C18H20Cl2N4O2. The van der Waals surface area contributed by atoms with Crippen molar-refractivity contribution < 1.29 is 9.59 Å². The molecule has 6 nitrogen and oxygen atoms in total. The van der Waals surface area contributed by atoms with Gasteiger partial charge in [0.05, 0.1) is 21.8 Å². The zero-order valence-corrected chi connectivity index (χ0v) is 15.9. The van der Waals surface area contributed by atoms with E-state index in [1.807, 2.05) is 0 Å². The molecule has 1 aliphatic rings. The highest BCUT2D eigenvalue weighted by atomic mass is 35.5. The molecule has 0 radical (unpaired) electrons. The number of rotatable bonds is 5. The van der Waals surface area contributed by atoms with Gasteiger partial charge in [-0.05, 0) is 45.1 Å². The molecule has 2 heterocycles. The van der Waals surface area contributed by atoms with Crippen LogP contribution < -0.4 is 5.32 Å². The van der Waals surface area contributed by atoms with Gasteiger partial charge in [-0.15, -0.1) is 0 Å². The molecule has 8 heteroatoms.